The van der Waals surface area contributed by atoms with E-state index in [-0.39, 0.29) is 17.5 Å². The third kappa shape index (κ3) is 4.38. The maximum absolute atomic E-state index is 13.0. The number of carbonyl (C=O) groups is 1. The SMILES string of the molecule is O=C(Nc1cccc(C(F)(F)F)c1)[C@H]1CCCN(c2ncnc3c2nc2n3CCCCC2)C1. The van der Waals surface area contributed by atoms with Gasteiger partial charge < -0.3 is 14.8 Å². The van der Waals surface area contributed by atoms with Crippen molar-refractivity contribution in [3.05, 3.63) is 42.0 Å². The highest BCUT2D eigenvalue weighted by Crippen LogP contribution is 2.32. The van der Waals surface area contributed by atoms with E-state index in [0.717, 1.165) is 73.7 Å². The molecule has 0 bridgehead atoms. The van der Waals surface area contributed by atoms with Crippen LogP contribution in [-0.2, 0) is 23.9 Å². The predicted octanol–water partition coefficient (Wildman–Crippen LogP) is 4.43. The van der Waals surface area contributed by atoms with Gasteiger partial charge in [0, 0.05) is 31.7 Å². The normalized spacial score (nSPS) is 19.2. The average Bonchev–Trinajstić information content (AvgIpc) is 2.99. The second-order valence-electron chi connectivity index (χ2n) is 8.71. The molecule has 1 amide bonds. The van der Waals surface area contributed by atoms with Crippen LogP contribution in [0.3, 0.4) is 0 Å². The Kier molecular flexibility index (Phi) is 5.67. The van der Waals surface area contributed by atoms with E-state index in [9.17, 15) is 18.0 Å². The molecule has 1 N–H and O–H groups in total. The van der Waals surface area contributed by atoms with Crippen LogP contribution < -0.4 is 10.2 Å². The summed E-state index contributed by atoms with van der Waals surface area (Å²) in [5.74, 6) is 1.10. The molecule has 0 spiro atoms. The van der Waals surface area contributed by atoms with Crippen LogP contribution in [0.5, 0.6) is 0 Å². The Labute approximate surface area is 189 Å². The molecular formula is C23H25F3N6O. The molecule has 4 heterocycles. The summed E-state index contributed by atoms with van der Waals surface area (Å²) < 4.78 is 41.2. The number of halogens is 3. The number of benzene rings is 1. The van der Waals surface area contributed by atoms with E-state index in [4.69, 9.17) is 4.98 Å². The first kappa shape index (κ1) is 21.7. The van der Waals surface area contributed by atoms with Gasteiger partial charge in [-0.15, -0.1) is 0 Å². The van der Waals surface area contributed by atoms with Gasteiger partial charge in [0.15, 0.2) is 17.0 Å². The Balaban J connectivity index is 1.35. The number of amides is 1. The molecule has 3 aromatic rings. The molecule has 7 nitrogen and oxygen atoms in total. The number of imidazole rings is 1. The molecule has 1 fully saturated rings. The molecule has 10 heteroatoms. The van der Waals surface area contributed by atoms with Crippen molar-refractivity contribution in [2.24, 2.45) is 5.92 Å². The standard InChI is InChI=1S/C23H25F3N6O/c24-23(25,26)16-7-4-8-17(12-16)29-22(33)15-6-5-10-31(13-15)20-19-21(28-14-27-20)32-11-3-1-2-9-18(32)30-19/h4,7-8,12,14-15H,1-3,5-6,9-11,13H2,(H,29,33)/t15-/m0/s1. The van der Waals surface area contributed by atoms with Crippen LogP contribution in [0, 0.1) is 5.92 Å². The number of aromatic nitrogens is 4. The number of fused-ring (bicyclic) bond motifs is 3. The van der Waals surface area contributed by atoms with Gasteiger partial charge in [0.1, 0.15) is 12.2 Å². The van der Waals surface area contributed by atoms with Crippen molar-refractivity contribution < 1.29 is 18.0 Å². The molecule has 2 aromatic heterocycles. The van der Waals surface area contributed by atoms with Crippen molar-refractivity contribution >= 4 is 28.6 Å². The van der Waals surface area contributed by atoms with Gasteiger partial charge in [-0.1, -0.05) is 12.5 Å². The Bertz CT molecular complexity index is 1170. The fraction of sp³-hybridized carbons (Fsp3) is 0.478. The van der Waals surface area contributed by atoms with E-state index >= 15 is 0 Å². The molecule has 0 unspecified atom stereocenters. The first-order valence-corrected chi connectivity index (χ1v) is 11.3. The topological polar surface area (TPSA) is 75.9 Å². The lowest BCUT2D eigenvalue weighted by Gasteiger charge is -2.32. The number of anilines is 2. The molecule has 0 radical (unpaired) electrons. The first-order chi connectivity index (χ1) is 15.9. The number of nitrogens with zero attached hydrogens (tertiary/aromatic N) is 5. The molecule has 5 rings (SSSR count). The number of nitrogens with one attached hydrogen (secondary N) is 1. The Morgan fingerprint density at radius 1 is 1.09 bits per heavy atom. The van der Waals surface area contributed by atoms with Crippen LogP contribution >= 0.6 is 0 Å². The van der Waals surface area contributed by atoms with Crippen LogP contribution in [0.4, 0.5) is 24.7 Å². The summed E-state index contributed by atoms with van der Waals surface area (Å²) in [7, 11) is 0. The fourth-order valence-electron chi connectivity index (χ4n) is 4.76. The van der Waals surface area contributed by atoms with E-state index in [1.165, 1.54) is 18.6 Å². The Morgan fingerprint density at radius 2 is 1.97 bits per heavy atom. The Hall–Kier alpha value is -3.17. The highest BCUT2D eigenvalue weighted by Gasteiger charge is 2.32. The minimum absolute atomic E-state index is 0.147. The quantitative estimate of drug-likeness (QED) is 0.629. The first-order valence-electron chi connectivity index (χ1n) is 11.3. The van der Waals surface area contributed by atoms with Crippen molar-refractivity contribution in [1.29, 1.82) is 0 Å². The molecule has 1 saturated heterocycles. The molecule has 2 aliphatic heterocycles. The van der Waals surface area contributed by atoms with Crippen molar-refractivity contribution in [2.75, 3.05) is 23.3 Å². The second-order valence-corrected chi connectivity index (χ2v) is 8.71. The summed E-state index contributed by atoms with van der Waals surface area (Å²) in [6, 6.07) is 4.72. The van der Waals surface area contributed by atoms with Gasteiger partial charge in [0.25, 0.3) is 0 Å². The van der Waals surface area contributed by atoms with Gasteiger partial charge in [0.2, 0.25) is 5.91 Å². The lowest BCUT2D eigenvalue weighted by molar-refractivity contribution is -0.137. The smallest absolute Gasteiger partial charge is 0.354 e. The number of piperidine rings is 1. The minimum Gasteiger partial charge on any atom is -0.354 e. The largest absolute Gasteiger partial charge is 0.416 e. The summed E-state index contributed by atoms with van der Waals surface area (Å²) in [4.78, 5) is 28.8. The maximum atomic E-state index is 13.0. The summed E-state index contributed by atoms with van der Waals surface area (Å²) in [6.07, 6.45) is 2.82. The number of alkyl halides is 3. The van der Waals surface area contributed by atoms with Crippen molar-refractivity contribution in [1.82, 2.24) is 19.5 Å². The number of carbonyl (C=O) groups excluding carboxylic acids is 1. The minimum atomic E-state index is -4.45. The van der Waals surface area contributed by atoms with Crippen LogP contribution in [0.1, 0.15) is 43.5 Å². The van der Waals surface area contributed by atoms with Crippen LogP contribution in [0.2, 0.25) is 0 Å². The number of hydrogen-bond acceptors (Lipinski definition) is 5. The summed E-state index contributed by atoms with van der Waals surface area (Å²) in [5.41, 5.74) is 0.948. The van der Waals surface area contributed by atoms with Gasteiger partial charge in [-0.25, -0.2) is 15.0 Å². The average molecular weight is 458 g/mol. The van der Waals surface area contributed by atoms with Gasteiger partial charge >= 0.3 is 6.18 Å². The van der Waals surface area contributed by atoms with E-state index < -0.39 is 11.7 Å². The highest BCUT2D eigenvalue weighted by molar-refractivity contribution is 5.93. The van der Waals surface area contributed by atoms with Crippen molar-refractivity contribution in [2.45, 2.75) is 51.2 Å². The van der Waals surface area contributed by atoms with Crippen LogP contribution in [-0.4, -0.2) is 38.5 Å². The number of hydrogen-bond donors (Lipinski definition) is 1. The van der Waals surface area contributed by atoms with E-state index in [2.05, 4.69) is 24.8 Å². The summed E-state index contributed by atoms with van der Waals surface area (Å²) in [6.45, 7) is 2.06. The van der Waals surface area contributed by atoms with E-state index in [1.807, 2.05) is 0 Å². The van der Waals surface area contributed by atoms with Crippen LogP contribution in [0.25, 0.3) is 11.2 Å². The third-order valence-electron chi connectivity index (χ3n) is 6.42. The van der Waals surface area contributed by atoms with Gasteiger partial charge in [-0.3, -0.25) is 4.79 Å². The molecule has 174 valence electrons. The van der Waals surface area contributed by atoms with Crippen molar-refractivity contribution in [3.8, 4) is 0 Å². The van der Waals surface area contributed by atoms with Crippen molar-refractivity contribution in [3.63, 3.8) is 0 Å². The number of rotatable bonds is 3. The molecule has 1 atom stereocenters. The van der Waals surface area contributed by atoms with Crippen LogP contribution in [0.15, 0.2) is 30.6 Å². The monoisotopic (exact) mass is 458 g/mol. The summed E-state index contributed by atoms with van der Waals surface area (Å²) in [5, 5.41) is 2.66. The second kappa shape index (κ2) is 8.64. The molecular weight excluding hydrogens is 433 g/mol. The highest BCUT2D eigenvalue weighted by atomic mass is 19.4. The Morgan fingerprint density at radius 3 is 2.82 bits per heavy atom. The number of aryl methyl sites for hydroxylation is 2. The molecule has 0 aliphatic carbocycles. The lowest BCUT2D eigenvalue weighted by atomic mass is 9.97. The van der Waals surface area contributed by atoms with E-state index in [0.29, 0.717) is 13.0 Å². The van der Waals surface area contributed by atoms with E-state index in [1.54, 1.807) is 6.33 Å². The predicted molar refractivity (Wildman–Crippen MR) is 118 cm³/mol. The molecule has 2 aliphatic rings. The summed E-state index contributed by atoms with van der Waals surface area (Å²) >= 11 is 0. The van der Waals surface area contributed by atoms with Gasteiger partial charge in [0.05, 0.1) is 11.5 Å². The molecule has 0 saturated carbocycles. The zero-order chi connectivity index (χ0) is 23.0. The third-order valence-corrected chi connectivity index (χ3v) is 6.42. The lowest BCUT2D eigenvalue weighted by Crippen LogP contribution is -2.41. The van der Waals surface area contributed by atoms with Gasteiger partial charge in [-0.2, -0.15) is 13.2 Å². The zero-order valence-electron chi connectivity index (χ0n) is 18.1. The molecule has 33 heavy (non-hydrogen) atoms. The zero-order valence-corrected chi connectivity index (χ0v) is 18.1. The molecule has 1 aromatic carbocycles. The maximum Gasteiger partial charge on any atom is 0.416 e. The fourth-order valence-corrected chi connectivity index (χ4v) is 4.76. The van der Waals surface area contributed by atoms with Gasteiger partial charge in [-0.05, 0) is 43.9 Å².